The van der Waals surface area contributed by atoms with Crippen LogP contribution in [0.3, 0.4) is 0 Å². The van der Waals surface area contributed by atoms with E-state index in [1.165, 1.54) is 0 Å². The maximum atomic E-state index is 12.7. The molecule has 4 rings (SSSR count). The fraction of sp³-hybridized carbons (Fsp3) is 0.944. The zero-order valence-electron chi connectivity index (χ0n) is 14.6. The van der Waals surface area contributed by atoms with Crippen molar-refractivity contribution in [2.45, 2.75) is 25.8 Å². The average Bonchev–Trinajstić information content (AvgIpc) is 2.96. The molecule has 0 N–H and O–H groups in total. The van der Waals surface area contributed by atoms with Gasteiger partial charge >= 0.3 is 0 Å². The molecule has 0 radical (unpaired) electrons. The molecule has 3 aliphatic heterocycles. The first kappa shape index (κ1) is 15.9. The second-order valence-electron chi connectivity index (χ2n) is 8.38. The molecule has 5 nitrogen and oxygen atoms in total. The fourth-order valence-electron chi connectivity index (χ4n) is 5.04. The first-order valence-electron chi connectivity index (χ1n) is 9.41. The van der Waals surface area contributed by atoms with Crippen LogP contribution in [0.1, 0.15) is 19.8 Å². The van der Waals surface area contributed by atoms with Crippen LogP contribution in [-0.2, 0) is 9.53 Å². The van der Waals surface area contributed by atoms with Gasteiger partial charge < -0.3 is 14.5 Å². The number of carbonyl (C=O) groups excluding carboxylic acids is 1. The standard InChI is InChI=1S/C18H31N3O2/c1-13-7-14(8-13)18(22)21-9-15-11-23-12-17(16(15)10-21)20-5-3-19(2)4-6-20/h13-17H,3-12H2,1-2H3/t13?,14?,15-,16-,17+/m0/s1. The van der Waals surface area contributed by atoms with Gasteiger partial charge in [0.05, 0.1) is 13.2 Å². The third-order valence-corrected chi connectivity index (χ3v) is 6.65. The summed E-state index contributed by atoms with van der Waals surface area (Å²) in [6.45, 7) is 10.4. The van der Waals surface area contributed by atoms with Gasteiger partial charge in [-0.2, -0.15) is 0 Å². The van der Waals surface area contributed by atoms with E-state index in [0.717, 1.165) is 71.2 Å². The molecule has 0 aromatic rings. The normalized spacial score (nSPS) is 42.3. The fourth-order valence-corrected chi connectivity index (χ4v) is 5.04. The number of piperazine rings is 1. The number of ether oxygens (including phenoxy) is 1. The summed E-state index contributed by atoms with van der Waals surface area (Å²) in [5, 5.41) is 0. The molecule has 5 heteroatoms. The summed E-state index contributed by atoms with van der Waals surface area (Å²) in [6.07, 6.45) is 2.20. The Labute approximate surface area is 139 Å². The lowest BCUT2D eigenvalue weighted by atomic mass is 9.75. The lowest BCUT2D eigenvalue weighted by Crippen LogP contribution is -2.56. The molecule has 1 saturated carbocycles. The van der Waals surface area contributed by atoms with Crippen LogP contribution in [0.2, 0.25) is 0 Å². The summed E-state index contributed by atoms with van der Waals surface area (Å²) in [5.41, 5.74) is 0. The molecule has 4 aliphatic rings. The Hall–Kier alpha value is -0.650. The van der Waals surface area contributed by atoms with Crippen LogP contribution in [-0.4, -0.2) is 86.2 Å². The number of fused-ring (bicyclic) bond motifs is 1. The maximum absolute atomic E-state index is 12.7. The Bertz CT molecular complexity index is 444. The zero-order chi connectivity index (χ0) is 16.0. The van der Waals surface area contributed by atoms with E-state index in [-0.39, 0.29) is 0 Å². The minimum absolute atomic E-state index is 0.313. The molecule has 4 fully saturated rings. The van der Waals surface area contributed by atoms with Crippen molar-refractivity contribution in [2.24, 2.45) is 23.7 Å². The van der Waals surface area contributed by atoms with Gasteiger partial charge in [-0.1, -0.05) is 6.92 Å². The zero-order valence-corrected chi connectivity index (χ0v) is 14.6. The maximum Gasteiger partial charge on any atom is 0.225 e. The van der Waals surface area contributed by atoms with Crippen molar-refractivity contribution in [1.29, 1.82) is 0 Å². The minimum Gasteiger partial charge on any atom is -0.379 e. The van der Waals surface area contributed by atoms with Crippen molar-refractivity contribution in [3.8, 4) is 0 Å². The Morgan fingerprint density at radius 1 is 1.04 bits per heavy atom. The topological polar surface area (TPSA) is 36.0 Å². The molecule has 130 valence electrons. The molecular formula is C18H31N3O2. The molecule has 3 saturated heterocycles. The van der Waals surface area contributed by atoms with Gasteiger partial charge in [0, 0.05) is 63.1 Å². The third-order valence-electron chi connectivity index (χ3n) is 6.65. The largest absolute Gasteiger partial charge is 0.379 e. The summed E-state index contributed by atoms with van der Waals surface area (Å²) in [5.74, 6) is 2.65. The SMILES string of the molecule is CC1CC(C(=O)N2C[C@H]3COC[C@@H](N4CCN(C)CC4)[C@H]3C2)C1. The third kappa shape index (κ3) is 3.03. The van der Waals surface area contributed by atoms with Gasteiger partial charge in [0.15, 0.2) is 0 Å². The van der Waals surface area contributed by atoms with Crippen molar-refractivity contribution in [3.05, 3.63) is 0 Å². The van der Waals surface area contributed by atoms with E-state index in [0.29, 0.717) is 29.7 Å². The van der Waals surface area contributed by atoms with Crippen LogP contribution >= 0.6 is 0 Å². The Balaban J connectivity index is 1.39. The smallest absolute Gasteiger partial charge is 0.225 e. The molecule has 0 unspecified atom stereocenters. The highest BCUT2D eigenvalue weighted by molar-refractivity contribution is 5.80. The van der Waals surface area contributed by atoms with Gasteiger partial charge in [-0.3, -0.25) is 9.69 Å². The summed E-state index contributed by atoms with van der Waals surface area (Å²) < 4.78 is 5.93. The summed E-state index contributed by atoms with van der Waals surface area (Å²) in [6, 6.07) is 0.514. The quantitative estimate of drug-likeness (QED) is 0.752. The van der Waals surface area contributed by atoms with E-state index in [9.17, 15) is 4.79 Å². The second-order valence-corrected chi connectivity index (χ2v) is 8.38. The van der Waals surface area contributed by atoms with Crippen LogP contribution in [0.15, 0.2) is 0 Å². The second kappa shape index (κ2) is 6.34. The monoisotopic (exact) mass is 321 g/mol. The molecular weight excluding hydrogens is 290 g/mol. The van der Waals surface area contributed by atoms with Gasteiger partial charge in [0.2, 0.25) is 5.91 Å². The highest BCUT2D eigenvalue weighted by Gasteiger charge is 2.46. The van der Waals surface area contributed by atoms with Crippen molar-refractivity contribution < 1.29 is 9.53 Å². The molecule has 23 heavy (non-hydrogen) atoms. The van der Waals surface area contributed by atoms with Crippen LogP contribution in [0.25, 0.3) is 0 Å². The molecule has 0 aromatic carbocycles. The van der Waals surface area contributed by atoms with Crippen molar-refractivity contribution in [1.82, 2.24) is 14.7 Å². The minimum atomic E-state index is 0.313. The number of nitrogens with zero attached hydrogens (tertiary/aromatic N) is 3. The predicted octanol–water partition coefficient (Wildman–Crippen LogP) is 0.753. The summed E-state index contributed by atoms with van der Waals surface area (Å²) >= 11 is 0. The van der Waals surface area contributed by atoms with E-state index >= 15 is 0 Å². The number of amides is 1. The Kier molecular flexibility index (Phi) is 4.37. The van der Waals surface area contributed by atoms with Crippen LogP contribution in [0, 0.1) is 23.7 Å². The summed E-state index contributed by atoms with van der Waals surface area (Å²) in [4.78, 5) is 19.9. The molecule has 0 aromatic heterocycles. The number of carbonyl (C=O) groups is 1. The van der Waals surface area contributed by atoms with Crippen molar-refractivity contribution >= 4 is 5.91 Å². The predicted molar refractivity (Wildman–Crippen MR) is 89.1 cm³/mol. The molecule has 0 bridgehead atoms. The molecule has 3 atom stereocenters. The number of rotatable bonds is 2. The molecule has 3 heterocycles. The van der Waals surface area contributed by atoms with Gasteiger partial charge in [0.1, 0.15) is 0 Å². The van der Waals surface area contributed by atoms with E-state index < -0.39 is 0 Å². The highest BCUT2D eigenvalue weighted by atomic mass is 16.5. The van der Waals surface area contributed by atoms with E-state index in [1.807, 2.05) is 0 Å². The van der Waals surface area contributed by atoms with E-state index in [4.69, 9.17) is 4.74 Å². The number of hydrogen-bond acceptors (Lipinski definition) is 4. The number of likely N-dealkylation sites (tertiary alicyclic amines) is 1. The van der Waals surface area contributed by atoms with Gasteiger partial charge in [-0.05, 0) is 25.8 Å². The number of likely N-dealkylation sites (N-methyl/N-ethyl adjacent to an activating group) is 1. The van der Waals surface area contributed by atoms with Crippen molar-refractivity contribution in [2.75, 3.05) is 59.5 Å². The lowest BCUT2D eigenvalue weighted by molar-refractivity contribution is -0.138. The van der Waals surface area contributed by atoms with E-state index in [1.54, 1.807) is 0 Å². The molecule has 1 amide bonds. The van der Waals surface area contributed by atoms with Crippen LogP contribution in [0.5, 0.6) is 0 Å². The van der Waals surface area contributed by atoms with Crippen molar-refractivity contribution in [3.63, 3.8) is 0 Å². The van der Waals surface area contributed by atoms with Gasteiger partial charge in [0.25, 0.3) is 0 Å². The van der Waals surface area contributed by atoms with Gasteiger partial charge in [-0.25, -0.2) is 0 Å². The number of hydrogen-bond donors (Lipinski definition) is 0. The van der Waals surface area contributed by atoms with Gasteiger partial charge in [-0.15, -0.1) is 0 Å². The van der Waals surface area contributed by atoms with Crippen LogP contribution < -0.4 is 0 Å². The molecule has 0 spiro atoms. The lowest BCUT2D eigenvalue weighted by Gasteiger charge is -2.43. The Morgan fingerprint density at radius 2 is 1.78 bits per heavy atom. The Morgan fingerprint density at radius 3 is 2.48 bits per heavy atom. The first-order valence-corrected chi connectivity index (χ1v) is 9.41. The summed E-state index contributed by atoms with van der Waals surface area (Å²) in [7, 11) is 2.20. The average molecular weight is 321 g/mol. The molecule has 1 aliphatic carbocycles. The first-order chi connectivity index (χ1) is 11.1. The van der Waals surface area contributed by atoms with E-state index in [2.05, 4.69) is 28.7 Å². The van der Waals surface area contributed by atoms with Crippen LogP contribution in [0.4, 0.5) is 0 Å². The highest BCUT2D eigenvalue weighted by Crippen LogP contribution is 2.38.